The summed E-state index contributed by atoms with van der Waals surface area (Å²) in [5.74, 6) is -0.109. The van der Waals surface area contributed by atoms with Gasteiger partial charge < -0.3 is 54.3 Å². The molecule has 1 aromatic rings. The Morgan fingerprint density at radius 1 is 1.11 bits per heavy atom. The number of ether oxygens (including phenoxy) is 5. The molecule has 12 nitrogen and oxygen atoms in total. The first kappa shape index (κ1) is 28.5. The van der Waals surface area contributed by atoms with E-state index in [0.717, 1.165) is 6.26 Å². The molecule has 0 spiro atoms. The van der Waals surface area contributed by atoms with Crippen molar-refractivity contribution in [1.29, 1.82) is 0 Å². The Labute approximate surface area is 219 Å². The first-order chi connectivity index (χ1) is 17.9. The van der Waals surface area contributed by atoms with Gasteiger partial charge in [0.1, 0.15) is 46.8 Å². The molecule has 0 amide bonds. The molecule has 0 radical (unpaired) electrons. The monoisotopic (exact) mass is 538 g/mol. The van der Waals surface area contributed by atoms with Gasteiger partial charge in [-0.3, -0.25) is 0 Å². The number of fused-ring (bicyclic) bond motifs is 1. The zero-order valence-electron chi connectivity index (χ0n) is 21.2. The molecule has 2 heterocycles. The third kappa shape index (κ3) is 4.61. The van der Waals surface area contributed by atoms with Gasteiger partial charge in [-0.05, 0) is 43.7 Å². The number of hydrogen-bond donors (Lipinski definition) is 6. The van der Waals surface area contributed by atoms with Crippen molar-refractivity contribution in [3.05, 3.63) is 48.2 Å². The number of hydrogen-bond acceptors (Lipinski definition) is 12. The molecule has 1 aromatic carbocycles. The van der Waals surface area contributed by atoms with E-state index in [9.17, 15) is 35.4 Å². The fourth-order valence-corrected chi connectivity index (χ4v) is 5.33. The molecule has 2 fully saturated rings. The van der Waals surface area contributed by atoms with E-state index in [4.69, 9.17) is 23.7 Å². The van der Waals surface area contributed by atoms with Crippen LogP contribution >= 0.6 is 0 Å². The number of aliphatic hydroxyl groups is 6. The average molecular weight is 539 g/mol. The first-order valence-electron chi connectivity index (χ1n) is 12.1. The molecule has 0 bridgehead atoms. The second-order valence-corrected chi connectivity index (χ2v) is 10.1. The number of carbonyl (C=O) groups excluding carboxylic acids is 1. The molecule has 10 unspecified atom stereocenters. The van der Waals surface area contributed by atoms with Gasteiger partial charge in [0, 0.05) is 12.5 Å². The fourth-order valence-electron chi connectivity index (χ4n) is 5.33. The highest BCUT2D eigenvalue weighted by Crippen LogP contribution is 2.60. The smallest absolute Gasteiger partial charge is 0.331 e. The lowest BCUT2D eigenvalue weighted by Crippen LogP contribution is -2.66. The molecule has 6 N–H and O–H groups in total. The molecule has 4 rings (SSSR count). The Morgan fingerprint density at radius 2 is 1.79 bits per heavy atom. The van der Waals surface area contributed by atoms with Gasteiger partial charge in [0.05, 0.1) is 26.1 Å². The summed E-state index contributed by atoms with van der Waals surface area (Å²) in [5, 5.41) is 62.6. The van der Waals surface area contributed by atoms with Crippen LogP contribution in [0.3, 0.4) is 0 Å². The molecule has 2 aliphatic heterocycles. The van der Waals surface area contributed by atoms with Gasteiger partial charge in [-0.25, -0.2) is 4.79 Å². The van der Waals surface area contributed by atoms with Crippen molar-refractivity contribution in [2.24, 2.45) is 5.41 Å². The summed E-state index contributed by atoms with van der Waals surface area (Å²) in [5.41, 5.74) is -4.50. The van der Waals surface area contributed by atoms with Crippen LogP contribution in [0.1, 0.15) is 25.8 Å². The van der Waals surface area contributed by atoms with Crippen LogP contribution in [0.5, 0.6) is 5.75 Å². The van der Waals surface area contributed by atoms with Gasteiger partial charge in [0.25, 0.3) is 0 Å². The molecule has 10 atom stereocenters. The van der Waals surface area contributed by atoms with E-state index in [0.29, 0.717) is 11.3 Å². The summed E-state index contributed by atoms with van der Waals surface area (Å²) in [6.07, 6.45) is -5.88. The summed E-state index contributed by atoms with van der Waals surface area (Å²) in [6.45, 7) is 2.33. The third-order valence-electron chi connectivity index (χ3n) is 7.98. The second-order valence-electron chi connectivity index (χ2n) is 10.1. The minimum Gasteiger partial charge on any atom is -0.497 e. The lowest BCUT2D eigenvalue weighted by molar-refractivity contribution is -0.368. The molecule has 1 aliphatic carbocycles. The Morgan fingerprint density at radius 3 is 2.42 bits per heavy atom. The summed E-state index contributed by atoms with van der Waals surface area (Å²) >= 11 is 0. The SMILES string of the molecule is COc1ccc(C=CC(=O)OC2(C)CC(O)C3(O)C=COC(OC4OC(CO)C(O)C(O)C4O)C23C)cc1. The minimum absolute atomic E-state index is 0.190. The number of carbonyl (C=O) groups is 1. The van der Waals surface area contributed by atoms with Gasteiger partial charge in [0.2, 0.25) is 6.29 Å². The van der Waals surface area contributed by atoms with Crippen LogP contribution in [0.15, 0.2) is 42.7 Å². The van der Waals surface area contributed by atoms with Crippen LogP contribution < -0.4 is 4.74 Å². The maximum atomic E-state index is 12.9. The summed E-state index contributed by atoms with van der Waals surface area (Å²) in [6, 6.07) is 6.95. The van der Waals surface area contributed by atoms with Gasteiger partial charge in [0.15, 0.2) is 6.29 Å². The van der Waals surface area contributed by atoms with Gasteiger partial charge in [-0.1, -0.05) is 12.1 Å². The second kappa shape index (κ2) is 10.5. The van der Waals surface area contributed by atoms with Crippen molar-refractivity contribution in [2.75, 3.05) is 13.7 Å². The van der Waals surface area contributed by atoms with Crippen LogP contribution in [0, 0.1) is 5.41 Å². The van der Waals surface area contributed by atoms with Crippen LogP contribution in [-0.4, -0.2) is 105 Å². The molecular formula is C26H34O12. The molecule has 38 heavy (non-hydrogen) atoms. The van der Waals surface area contributed by atoms with Gasteiger partial charge in [-0.15, -0.1) is 0 Å². The molecule has 210 valence electrons. The zero-order chi connectivity index (χ0) is 27.9. The predicted octanol–water partition coefficient (Wildman–Crippen LogP) is -0.801. The van der Waals surface area contributed by atoms with Crippen LogP contribution in [0.4, 0.5) is 0 Å². The fraction of sp³-hybridized carbons (Fsp3) is 0.577. The topological polar surface area (TPSA) is 185 Å². The number of methoxy groups -OCH3 is 1. The van der Waals surface area contributed by atoms with Crippen LogP contribution in [0.25, 0.3) is 6.08 Å². The Balaban J connectivity index is 1.58. The van der Waals surface area contributed by atoms with Gasteiger partial charge >= 0.3 is 5.97 Å². The number of rotatable bonds is 7. The minimum atomic E-state index is -1.99. The molecule has 1 saturated heterocycles. The standard InChI is InChI=1S/C26H34O12/c1-24(38-18(29)9-6-14-4-7-15(34-3)8-5-14)12-17(28)26(33)10-11-35-23(25(24,26)2)37-22-21(32)20(31)19(30)16(13-27)36-22/h4-11,16-17,19-23,27-28,30-33H,12-13H2,1-3H3. The third-order valence-corrected chi connectivity index (χ3v) is 7.98. The number of esters is 1. The molecule has 12 heteroatoms. The maximum Gasteiger partial charge on any atom is 0.331 e. The van der Waals surface area contributed by atoms with Crippen molar-refractivity contribution in [2.45, 2.75) is 74.6 Å². The van der Waals surface area contributed by atoms with Crippen molar-refractivity contribution < 1.29 is 59.1 Å². The van der Waals surface area contributed by atoms with Crippen LogP contribution in [0.2, 0.25) is 0 Å². The molecular weight excluding hydrogens is 504 g/mol. The quantitative estimate of drug-likeness (QED) is 0.188. The summed E-state index contributed by atoms with van der Waals surface area (Å²) < 4.78 is 27.8. The predicted molar refractivity (Wildman–Crippen MR) is 129 cm³/mol. The largest absolute Gasteiger partial charge is 0.497 e. The van der Waals surface area contributed by atoms with E-state index in [1.807, 2.05) is 0 Å². The zero-order valence-corrected chi connectivity index (χ0v) is 21.2. The van der Waals surface area contributed by atoms with Crippen LogP contribution in [-0.2, 0) is 23.7 Å². The Kier molecular flexibility index (Phi) is 7.90. The van der Waals surface area contributed by atoms with E-state index in [-0.39, 0.29) is 6.42 Å². The van der Waals surface area contributed by atoms with E-state index in [1.165, 1.54) is 32.1 Å². The van der Waals surface area contributed by atoms with Crippen molar-refractivity contribution in [3.8, 4) is 5.75 Å². The Bertz CT molecular complexity index is 1060. The van der Waals surface area contributed by atoms with Crippen molar-refractivity contribution in [1.82, 2.24) is 0 Å². The van der Waals surface area contributed by atoms with Crippen molar-refractivity contribution in [3.63, 3.8) is 0 Å². The lowest BCUT2D eigenvalue weighted by atomic mass is 9.67. The highest BCUT2D eigenvalue weighted by molar-refractivity contribution is 5.87. The maximum absolute atomic E-state index is 12.9. The molecule has 3 aliphatic rings. The van der Waals surface area contributed by atoms with E-state index < -0.39 is 72.3 Å². The number of aliphatic hydroxyl groups excluding tert-OH is 5. The molecule has 1 saturated carbocycles. The summed E-state index contributed by atoms with van der Waals surface area (Å²) in [7, 11) is 1.54. The van der Waals surface area contributed by atoms with Gasteiger partial charge in [-0.2, -0.15) is 0 Å². The lowest BCUT2D eigenvalue weighted by Gasteiger charge is -2.52. The van der Waals surface area contributed by atoms with E-state index >= 15 is 0 Å². The Hall–Kier alpha value is -2.55. The number of benzene rings is 1. The highest BCUT2D eigenvalue weighted by atomic mass is 16.8. The van der Waals surface area contributed by atoms with Crippen molar-refractivity contribution >= 4 is 12.0 Å². The first-order valence-corrected chi connectivity index (χ1v) is 12.1. The highest BCUT2D eigenvalue weighted by Gasteiger charge is 2.74. The van der Waals surface area contributed by atoms with E-state index in [1.54, 1.807) is 31.4 Å². The molecule has 0 aromatic heterocycles. The normalized spacial score (nSPS) is 42.5. The van der Waals surface area contributed by atoms with E-state index in [2.05, 4.69) is 0 Å². The summed E-state index contributed by atoms with van der Waals surface area (Å²) in [4.78, 5) is 12.9. The average Bonchev–Trinajstić information content (AvgIpc) is 3.05.